The van der Waals surface area contributed by atoms with Gasteiger partial charge < -0.3 is 13.9 Å². The van der Waals surface area contributed by atoms with Crippen LogP contribution >= 0.6 is 0 Å². The Kier molecular flexibility index (Phi) is 8.90. The molecule has 0 spiro atoms. The normalized spacial score (nSPS) is 11.8. The van der Waals surface area contributed by atoms with Gasteiger partial charge in [0.25, 0.3) is 0 Å². The van der Waals surface area contributed by atoms with Crippen LogP contribution in [0.1, 0.15) is 0 Å². The Labute approximate surface area is 399 Å². The molecule has 0 bridgehead atoms. The van der Waals surface area contributed by atoms with Crippen molar-refractivity contribution in [2.45, 2.75) is 0 Å². The standard InChI is InChI=1S/C66H42N2O/c1-3-16-51-43(14-1)28-29-47-30-31-48(42-60(47)51)53-18-6-9-24-61(53)67(50-39-34-46(35-40-50)55-22-13-23-58-59-41-36-44-15-2-4-19-54(44)66(59)69-65(55)58)49-37-32-45(33-38-49)52-17-5-10-25-62(52)68-63-26-11-7-20-56(63)57-21-8-12-27-64(57)68/h1-42H. The molecule has 0 amide bonds. The highest BCUT2D eigenvalue weighted by atomic mass is 16.3. The third kappa shape index (κ3) is 6.29. The summed E-state index contributed by atoms with van der Waals surface area (Å²) in [5.74, 6) is 0. The number of furan rings is 1. The van der Waals surface area contributed by atoms with E-state index in [0.717, 1.165) is 77.9 Å². The van der Waals surface area contributed by atoms with Crippen LogP contribution in [-0.2, 0) is 0 Å². The summed E-state index contributed by atoms with van der Waals surface area (Å²) in [7, 11) is 0. The molecule has 2 heterocycles. The summed E-state index contributed by atoms with van der Waals surface area (Å²) < 4.78 is 9.21. The monoisotopic (exact) mass is 878 g/mol. The van der Waals surface area contributed by atoms with Crippen molar-refractivity contribution in [1.29, 1.82) is 0 Å². The van der Waals surface area contributed by atoms with Crippen LogP contribution in [0.15, 0.2) is 259 Å². The van der Waals surface area contributed by atoms with Gasteiger partial charge in [0.1, 0.15) is 11.2 Å². The second kappa shape index (κ2) is 15.7. The first-order valence-electron chi connectivity index (χ1n) is 23.7. The molecule has 3 heteroatoms. The molecule has 0 saturated carbocycles. The van der Waals surface area contributed by atoms with Crippen molar-refractivity contribution in [2.24, 2.45) is 0 Å². The maximum absolute atomic E-state index is 6.80. The van der Waals surface area contributed by atoms with Crippen molar-refractivity contribution >= 4 is 93.1 Å². The molecule has 14 rings (SSSR count). The Bertz CT molecular complexity index is 4260. The maximum Gasteiger partial charge on any atom is 0.143 e. The molecule has 0 unspecified atom stereocenters. The Hall–Kier alpha value is -9.18. The number of nitrogens with zero attached hydrogens (tertiary/aromatic N) is 2. The second-order valence-electron chi connectivity index (χ2n) is 18.0. The van der Waals surface area contributed by atoms with Crippen molar-refractivity contribution in [1.82, 2.24) is 4.57 Å². The van der Waals surface area contributed by atoms with E-state index in [0.29, 0.717) is 0 Å². The van der Waals surface area contributed by atoms with Crippen LogP contribution in [0.2, 0.25) is 0 Å². The Balaban J connectivity index is 0.918. The zero-order chi connectivity index (χ0) is 45.4. The number of para-hydroxylation sites is 5. The van der Waals surface area contributed by atoms with E-state index in [2.05, 4.69) is 264 Å². The van der Waals surface area contributed by atoms with Gasteiger partial charge in [-0.2, -0.15) is 0 Å². The maximum atomic E-state index is 6.80. The third-order valence-corrected chi connectivity index (χ3v) is 14.2. The Morgan fingerprint density at radius 1 is 0.290 bits per heavy atom. The van der Waals surface area contributed by atoms with Gasteiger partial charge >= 0.3 is 0 Å². The van der Waals surface area contributed by atoms with Gasteiger partial charge in [-0.05, 0) is 104 Å². The highest BCUT2D eigenvalue weighted by Gasteiger charge is 2.21. The summed E-state index contributed by atoms with van der Waals surface area (Å²) in [6.45, 7) is 0. The largest absolute Gasteiger partial charge is 0.455 e. The van der Waals surface area contributed by atoms with E-state index in [1.54, 1.807) is 0 Å². The number of anilines is 3. The van der Waals surface area contributed by atoms with Crippen LogP contribution in [-0.4, -0.2) is 4.57 Å². The molecule has 2 aromatic heterocycles. The van der Waals surface area contributed by atoms with Crippen LogP contribution in [0.25, 0.3) is 115 Å². The lowest BCUT2D eigenvalue weighted by molar-refractivity contribution is 0.674. The molecular weight excluding hydrogens is 837 g/mol. The van der Waals surface area contributed by atoms with Gasteiger partial charge in [0, 0.05) is 55.0 Å². The number of hydrogen-bond acceptors (Lipinski definition) is 2. The minimum Gasteiger partial charge on any atom is -0.455 e. The van der Waals surface area contributed by atoms with Gasteiger partial charge in [0.2, 0.25) is 0 Å². The molecule has 322 valence electrons. The summed E-state index contributed by atoms with van der Waals surface area (Å²) in [6.07, 6.45) is 0. The molecule has 0 atom stereocenters. The highest BCUT2D eigenvalue weighted by Crippen LogP contribution is 2.45. The smallest absolute Gasteiger partial charge is 0.143 e. The van der Waals surface area contributed by atoms with Crippen LogP contribution in [0.5, 0.6) is 0 Å². The lowest BCUT2D eigenvalue weighted by Crippen LogP contribution is -2.11. The Morgan fingerprint density at radius 2 is 0.768 bits per heavy atom. The van der Waals surface area contributed by atoms with Crippen molar-refractivity contribution in [2.75, 3.05) is 4.90 Å². The number of fused-ring (bicyclic) bond motifs is 11. The zero-order valence-electron chi connectivity index (χ0n) is 37.6. The molecular formula is C66H42N2O. The van der Waals surface area contributed by atoms with E-state index in [-0.39, 0.29) is 0 Å². The zero-order valence-corrected chi connectivity index (χ0v) is 37.6. The molecule has 0 radical (unpaired) electrons. The van der Waals surface area contributed by atoms with Gasteiger partial charge in [-0.15, -0.1) is 0 Å². The first kappa shape index (κ1) is 39.0. The average Bonchev–Trinajstić information content (AvgIpc) is 3.98. The fraction of sp³-hybridized carbons (Fsp3) is 0. The van der Waals surface area contributed by atoms with E-state index in [4.69, 9.17) is 4.42 Å². The van der Waals surface area contributed by atoms with Gasteiger partial charge in [-0.25, -0.2) is 0 Å². The van der Waals surface area contributed by atoms with Gasteiger partial charge in [0.15, 0.2) is 0 Å². The van der Waals surface area contributed by atoms with Crippen LogP contribution in [0, 0.1) is 0 Å². The molecule has 0 aliphatic carbocycles. The fourth-order valence-electron chi connectivity index (χ4n) is 10.9. The topological polar surface area (TPSA) is 21.3 Å². The highest BCUT2D eigenvalue weighted by molar-refractivity contribution is 6.17. The van der Waals surface area contributed by atoms with Gasteiger partial charge in [-0.1, -0.05) is 194 Å². The first-order chi connectivity index (χ1) is 34.2. The summed E-state index contributed by atoms with van der Waals surface area (Å²) >= 11 is 0. The molecule has 0 saturated heterocycles. The van der Waals surface area contributed by atoms with Crippen molar-refractivity contribution < 1.29 is 4.42 Å². The van der Waals surface area contributed by atoms with E-state index >= 15 is 0 Å². The van der Waals surface area contributed by atoms with E-state index in [1.165, 1.54) is 54.3 Å². The van der Waals surface area contributed by atoms with Gasteiger partial charge in [-0.3, -0.25) is 0 Å². The molecule has 0 N–H and O–H groups in total. The summed E-state index contributed by atoms with van der Waals surface area (Å²) in [4.78, 5) is 2.41. The lowest BCUT2D eigenvalue weighted by Gasteiger charge is -2.28. The summed E-state index contributed by atoms with van der Waals surface area (Å²) in [5.41, 5.74) is 15.4. The van der Waals surface area contributed by atoms with E-state index in [9.17, 15) is 0 Å². The molecule has 0 aliphatic rings. The fourth-order valence-corrected chi connectivity index (χ4v) is 10.9. The predicted molar refractivity (Wildman–Crippen MR) is 292 cm³/mol. The quantitative estimate of drug-likeness (QED) is 0.149. The molecule has 12 aromatic carbocycles. The minimum atomic E-state index is 0.902. The lowest BCUT2D eigenvalue weighted by atomic mass is 9.95. The first-order valence-corrected chi connectivity index (χ1v) is 23.7. The predicted octanol–water partition coefficient (Wildman–Crippen LogP) is 18.6. The van der Waals surface area contributed by atoms with Crippen LogP contribution < -0.4 is 4.90 Å². The molecule has 14 aromatic rings. The van der Waals surface area contributed by atoms with E-state index < -0.39 is 0 Å². The summed E-state index contributed by atoms with van der Waals surface area (Å²) in [6, 6.07) is 92.5. The Morgan fingerprint density at radius 3 is 1.49 bits per heavy atom. The molecule has 0 fully saturated rings. The number of rotatable bonds is 7. The van der Waals surface area contributed by atoms with Crippen LogP contribution in [0.3, 0.4) is 0 Å². The van der Waals surface area contributed by atoms with Crippen molar-refractivity contribution in [3.05, 3.63) is 255 Å². The van der Waals surface area contributed by atoms with Crippen molar-refractivity contribution in [3.63, 3.8) is 0 Å². The van der Waals surface area contributed by atoms with Crippen LogP contribution in [0.4, 0.5) is 17.1 Å². The van der Waals surface area contributed by atoms with Gasteiger partial charge in [0.05, 0.1) is 22.4 Å². The second-order valence-corrected chi connectivity index (χ2v) is 18.0. The third-order valence-electron chi connectivity index (χ3n) is 14.2. The number of benzene rings is 12. The van der Waals surface area contributed by atoms with E-state index in [1.807, 2.05) is 0 Å². The summed E-state index contributed by atoms with van der Waals surface area (Å²) in [5, 5.41) is 12.0. The molecule has 3 nitrogen and oxygen atoms in total. The minimum absolute atomic E-state index is 0.902. The number of aromatic nitrogens is 1. The van der Waals surface area contributed by atoms with Crippen molar-refractivity contribution in [3.8, 4) is 39.1 Å². The molecule has 69 heavy (non-hydrogen) atoms. The number of hydrogen-bond donors (Lipinski definition) is 0. The molecule has 0 aliphatic heterocycles. The SMILES string of the molecule is c1ccc(N(c2ccc(-c3ccccc3-n3c4ccccc4c4ccccc43)cc2)c2ccc(-c3cccc4c3oc3c5ccccc5ccc43)cc2)c(-c2ccc3ccc4ccccc4c3c2)c1. The average molecular weight is 879 g/mol.